The molecular formula is C7H12N4. The Morgan fingerprint density at radius 1 is 1.73 bits per heavy atom. The second kappa shape index (κ2) is 3.88. The standard InChI is InChI=1S/C7H12N4/c1-2-3-4-11-6-7(5-8)9-10-11/h2,6H,1,3-5,8H2. The molecule has 1 rings (SSSR count). The third-order valence-corrected chi connectivity index (χ3v) is 1.36. The smallest absolute Gasteiger partial charge is 0.0962 e. The van der Waals surface area contributed by atoms with Crippen LogP contribution in [0, 0.1) is 0 Å². The lowest BCUT2D eigenvalue weighted by Gasteiger charge is -1.92. The van der Waals surface area contributed by atoms with Gasteiger partial charge in [-0.25, -0.2) is 0 Å². The molecule has 0 amide bonds. The first-order chi connectivity index (χ1) is 5.36. The topological polar surface area (TPSA) is 56.7 Å². The average Bonchev–Trinajstić information content (AvgIpc) is 2.48. The molecule has 0 spiro atoms. The highest BCUT2D eigenvalue weighted by Crippen LogP contribution is 1.92. The van der Waals surface area contributed by atoms with Gasteiger partial charge in [-0.15, -0.1) is 11.7 Å². The molecule has 2 N–H and O–H groups in total. The summed E-state index contributed by atoms with van der Waals surface area (Å²) in [4.78, 5) is 0. The van der Waals surface area contributed by atoms with E-state index >= 15 is 0 Å². The van der Waals surface area contributed by atoms with Crippen molar-refractivity contribution in [2.24, 2.45) is 5.73 Å². The van der Waals surface area contributed by atoms with E-state index in [0.717, 1.165) is 18.7 Å². The van der Waals surface area contributed by atoms with Gasteiger partial charge in [0.15, 0.2) is 0 Å². The zero-order valence-electron chi connectivity index (χ0n) is 6.40. The monoisotopic (exact) mass is 152 g/mol. The van der Waals surface area contributed by atoms with E-state index in [2.05, 4.69) is 16.9 Å². The van der Waals surface area contributed by atoms with Crippen LogP contribution < -0.4 is 5.73 Å². The molecule has 1 aromatic heterocycles. The Morgan fingerprint density at radius 3 is 3.09 bits per heavy atom. The first-order valence-corrected chi connectivity index (χ1v) is 3.57. The SMILES string of the molecule is C=CCCn1cc(CN)nn1. The van der Waals surface area contributed by atoms with E-state index in [1.807, 2.05) is 12.3 Å². The Kier molecular flexibility index (Phi) is 2.80. The molecule has 0 aliphatic carbocycles. The van der Waals surface area contributed by atoms with Gasteiger partial charge in [0, 0.05) is 19.3 Å². The number of hydrogen-bond acceptors (Lipinski definition) is 3. The molecule has 60 valence electrons. The molecular weight excluding hydrogens is 140 g/mol. The van der Waals surface area contributed by atoms with Gasteiger partial charge in [-0.3, -0.25) is 4.68 Å². The van der Waals surface area contributed by atoms with Crippen molar-refractivity contribution in [1.82, 2.24) is 15.0 Å². The predicted octanol–water partition coefficient (Wildman–Crippen LogP) is 0.313. The van der Waals surface area contributed by atoms with Gasteiger partial charge in [0.05, 0.1) is 5.69 Å². The van der Waals surface area contributed by atoms with Crippen molar-refractivity contribution in [1.29, 1.82) is 0 Å². The van der Waals surface area contributed by atoms with Gasteiger partial charge in [-0.05, 0) is 6.42 Å². The third kappa shape index (κ3) is 2.16. The first kappa shape index (κ1) is 7.94. The van der Waals surface area contributed by atoms with Crippen molar-refractivity contribution in [3.8, 4) is 0 Å². The molecule has 0 aromatic carbocycles. The second-order valence-electron chi connectivity index (χ2n) is 2.25. The Morgan fingerprint density at radius 2 is 2.55 bits per heavy atom. The van der Waals surface area contributed by atoms with Gasteiger partial charge in [0.2, 0.25) is 0 Å². The van der Waals surface area contributed by atoms with Crippen molar-refractivity contribution in [2.75, 3.05) is 0 Å². The minimum Gasteiger partial charge on any atom is -0.325 e. The van der Waals surface area contributed by atoms with E-state index < -0.39 is 0 Å². The summed E-state index contributed by atoms with van der Waals surface area (Å²) in [6.07, 6.45) is 4.61. The van der Waals surface area contributed by atoms with Crippen molar-refractivity contribution in [3.63, 3.8) is 0 Å². The quantitative estimate of drug-likeness (QED) is 0.632. The maximum Gasteiger partial charge on any atom is 0.0962 e. The number of nitrogens with zero attached hydrogens (tertiary/aromatic N) is 3. The Bertz CT molecular complexity index is 228. The largest absolute Gasteiger partial charge is 0.325 e. The summed E-state index contributed by atoms with van der Waals surface area (Å²) in [5, 5.41) is 7.70. The average molecular weight is 152 g/mol. The van der Waals surface area contributed by atoms with Gasteiger partial charge in [0.1, 0.15) is 0 Å². The fraction of sp³-hybridized carbons (Fsp3) is 0.429. The summed E-state index contributed by atoms with van der Waals surface area (Å²) >= 11 is 0. The molecule has 4 nitrogen and oxygen atoms in total. The number of hydrogen-bond donors (Lipinski definition) is 1. The summed E-state index contributed by atoms with van der Waals surface area (Å²) < 4.78 is 1.77. The molecule has 0 radical (unpaired) electrons. The lowest BCUT2D eigenvalue weighted by Crippen LogP contribution is -1.97. The Labute approximate surface area is 65.7 Å². The molecule has 0 saturated heterocycles. The molecule has 0 saturated carbocycles. The molecule has 1 aromatic rings. The normalized spacial score (nSPS) is 9.91. The molecule has 0 fully saturated rings. The van der Waals surface area contributed by atoms with Gasteiger partial charge >= 0.3 is 0 Å². The number of rotatable bonds is 4. The highest BCUT2D eigenvalue weighted by Gasteiger charge is 1.95. The van der Waals surface area contributed by atoms with E-state index in [9.17, 15) is 0 Å². The molecule has 0 atom stereocenters. The maximum atomic E-state index is 5.36. The minimum absolute atomic E-state index is 0.452. The van der Waals surface area contributed by atoms with E-state index in [-0.39, 0.29) is 0 Å². The molecule has 0 aliphatic heterocycles. The molecule has 0 bridgehead atoms. The van der Waals surface area contributed by atoms with Crippen LogP contribution in [0.3, 0.4) is 0 Å². The fourth-order valence-corrected chi connectivity index (χ4v) is 0.765. The van der Waals surface area contributed by atoms with Crippen LogP contribution in [-0.4, -0.2) is 15.0 Å². The van der Waals surface area contributed by atoms with Crippen molar-refractivity contribution in [2.45, 2.75) is 19.5 Å². The molecule has 4 heteroatoms. The van der Waals surface area contributed by atoms with Crippen LogP contribution in [0.4, 0.5) is 0 Å². The minimum atomic E-state index is 0.452. The molecule has 0 unspecified atom stereocenters. The van der Waals surface area contributed by atoms with Crippen LogP contribution >= 0.6 is 0 Å². The molecule has 11 heavy (non-hydrogen) atoms. The van der Waals surface area contributed by atoms with Gasteiger partial charge < -0.3 is 5.73 Å². The van der Waals surface area contributed by atoms with Crippen molar-refractivity contribution < 1.29 is 0 Å². The van der Waals surface area contributed by atoms with Crippen LogP contribution in [0.1, 0.15) is 12.1 Å². The number of aryl methyl sites for hydroxylation is 1. The van der Waals surface area contributed by atoms with E-state index in [1.165, 1.54) is 0 Å². The summed E-state index contributed by atoms with van der Waals surface area (Å²) in [6.45, 7) is 4.90. The van der Waals surface area contributed by atoms with Gasteiger partial charge in [-0.2, -0.15) is 0 Å². The van der Waals surface area contributed by atoms with Crippen LogP contribution in [-0.2, 0) is 13.1 Å². The number of aromatic nitrogens is 3. The summed E-state index contributed by atoms with van der Waals surface area (Å²) in [7, 11) is 0. The van der Waals surface area contributed by atoms with E-state index in [1.54, 1.807) is 4.68 Å². The van der Waals surface area contributed by atoms with Gasteiger partial charge in [0.25, 0.3) is 0 Å². The number of nitrogens with two attached hydrogens (primary N) is 1. The zero-order chi connectivity index (χ0) is 8.10. The zero-order valence-corrected chi connectivity index (χ0v) is 6.40. The molecule has 0 aliphatic rings. The summed E-state index contributed by atoms with van der Waals surface area (Å²) in [6, 6.07) is 0. The Balaban J connectivity index is 2.50. The lowest BCUT2D eigenvalue weighted by molar-refractivity contribution is 0.596. The van der Waals surface area contributed by atoms with Crippen LogP contribution in [0.5, 0.6) is 0 Å². The Hall–Kier alpha value is -1.16. The second-order valence-corrected chi connectivity index (χ2v) is 2.25. The maximum absolute atomic E-state index is 5.36. The lowest BCUT2D eigenvalue weighted by atomic mass is 10.4. The van der Waals surface area contributed by atoms with Crippen LogP contribution in [0.15, 0.2) is 18.9 Å². The van der Waals surface area contributed by atoms with Crippen molar-refractivity contribution in [3.05, 3.63) is 24.5 Å². The predicted molar refractivity (Wildman–Crippen MR) is 42.7 cm³/mol. The van der Waals surface area contributed by atoms with Gasteiger partial charge in [-0.1, -0.05) is 11.3 Å². The third-order valence-electron chi connectivity index (χ3n) is 1.36. The van der Waals surface area contributed by atoms with E-state index in [4.69, 9.17) is 5.73 Å². The van der Waals surface area contributed by atoms with Crippen LogP contribution in [0.2, 0.25) is 0 Å². The summed E-state index contributed by atoms with van der Waals surface area (Å²) in [5.74, 6) is 0. The highest BCUT2D eigenvalue weighted by molar-refractivity contribution is 4.90. The fourth-order valence-electron chi connectivity index (χ4n) is 0.765. The van der Waals surface area contributed by atoms with Crippen LogP contribution in [0.25, 0.3) is 0 Å². The highest BCUT2D eigenvalue weighted by atomic mass is 15.4. The van der Waals surface area contributed by atoms with Crippen molar-refractivity contribution >= 4 is 0 Å². The number of allylic oxidation sites excluding steroid dienone is 1. The first-order valence-electron chi connectivity index (χ1n) is 3.57. The van der Waals surface area contributed by atoms with E-state index in [0.29, 0.717) is 6.54 Å². The summed E-state index contributed by atoms with van der Waals surface area (Å²) in [5.41, 5.74) is 6.18. The molecule has 1 heterocycles.